The molecule has 1 aromatic carbocycles. The predicted octanol–water partition coefficient (Wildman–Crippen LogP) is 3.60. The van der Waals surface area contributed by atoms with E-state index in [0.29, 0.717) is 27.7 Å². The number of pyridine rings is 1. The van der Waals surface area contributed by atoms with Crippen LogP contribution in [0.2, 0.25) is 0 Å². The molecule has 0 aliphatic rings. The molecule has 0 saturated heterocycles. The molecule has 0 radical (unpaired) electrons. The first-order valence-corrected chi connectivity index (χ1v) is 8.12. The summed E-state index contributed by atoms with van der Waals surface area (Å²) in [4.78, 5) is 13.2. The van der Waals surface area contributed by atoms with E-state index in [1.165, 1.54) is 18.9 Å². The van der Waals surface area contributed by atoms with Gasteiger partial charge in [0.15, 0.2) is 22.5 Å². The highest BCUT2D eigenvalue weighted by atomic mass is 32.2. The minimum atomic E-state index is -0.439. The van der Waals surface area contributed by atoms with E-state index in [-0.39, 0.29) is 5.75 Å². The Kier molecular flexibility index (Phi) is 4.29. The van der Waals surface area contributed by atoms with Crippen molar-refractivity contribution >= 4 is 28.5 Å². The number of hydrogen-bond acceptors (Lipinski definition) is 6. The van der Waals surface area contributed by atoms with E-state index in [2.05, 4.69) is 20.3 Å². The molecule has 5 nitrogen and oxygen atoms in total. The summed E-state index contributed by atoms with van der Waals surface area (Å²) in [6.45, 7) is 0. The summed E-state index contributed by atoms with van der Waals surface area (Å²) in [7, 11) is 3.20. The maximum atomic E-state index is 14.5. The van der Waals surface area contributed by atoms with Gasteiger partial charge < -0.3 is 10.1 Å². The highest BCUT2D eigenvalue weighted by molar-refractivity contribution is 7.98. The van der Waals surface area contributed by atoms with Gasteiger partial charge in [-0.15, -0.1) is 0 Å². The van der Waals surface area contributed by atoms with Crippen LogP contribution in [0.15, 0.2) is 35.6 Å². The lowest BCUT2D eigenvalue weighted by molar-refractivity contribution is 0.387. The summed E-state index contributed by atoms with van der Waals surface area (Å²) in [6, 6.07) is 6.75. The number of nitrogens with zero attached hydrogens (tertiary/aromatic N) is 3. The Balaban J connectivity index is 2.23. The second kappa shape index (κ2) is 6.37. The van der Waals surface area contributed by atoms with Gasteiger partial charge in [0.05, 0.1) is 12.8 Å². The van der Waals surface area contributed by atoms with E-state index in [0.717, 1.165) is 5.39 Å². The van der Waals surface area contributed by atoms with E-state index in [4.69, 9.17) is 4.74 Å². The number of thioether (sulfide) groups is 1. The molecule has 1 N–H and O–H groups in total. The molecule has 0 saturated carbocycles. The van der Waals surface area contributed by atoms with Crippen molar-refractivity contribution in [2.75, 3.05) is 25.7 Å². The monoisotopic (exact) mass is 330 g/mol. The maximum absolute atomic E-state index is 14.5. The first-order chi connectivity index (χ1) is 11.2. The van der Waals surface area contributed by atoms with Crippen LogP contribution < -0.4 is 10.1 Å². The van der Waals surface area contributed by atoms with Crippen LogP contribution in [0.5, 0.6) is 5.75 Å². The van der Waals surface area contributed by atoms with Gasteiger partial charge in [-0.2, -0.15) is 0 Å². The molecule has 23 heavy (non-hydrogen) atoms. The molecule has 3 rings (SSSR count). The van der Waals surface area contributed by atoms with Crippen LogP contribution in [0.1, 0.15) is 0 Å². The van der Waals surface area contributed by atoms with Gasteiger partial charge in [-0.3, -0.25) is 0 Å². The predicted molar refractivity (Wildman–Crippen MR) is 90.6 cm³/mol. The fourth-order valence-electron chi connectivity index (χ4n) is 2.30. The number of nitrogens with one attached hydrogen (secondary N) is 1. The summed E-state index contributed by atoms with van der Waals surface area (Å²) >= 11 is 1.46. The van der Waals surface area contributed by atoms with Crippen LogP contribution in [-0.4, -0.2) is 35.4 Å². The summed E-state index contributed by atoms with van der Waals surface area (Å²) < 4.78 is 19.5. The van der Waals surface area contributed by atoms with Crippen LogP contribution >= 0.6 is 11.8 Å². The van der Waals surface area contributed by atoms with Gasteiger partial charge in [0.25, 0.3) is 0 Å². The number of halogens is 1. The third kappa shape index (κ3) is 2.79. The highest BCUT2D eigenvalue weighted by Crippen LogP contribution is 2.31. The molecule has 3 aromatic rings. The summed E-state index contributed by atoms with van der Waals surface area (Å²) in [5, 5.41) is 4.47. The second-order valence-electron chi connectivity index (χ2n) is 4.72. The molecule has 0 fully saturated rings. The fourth-order valence-corrected chi connectivity index (χ4v) is 2.64. The molecule has 2 heterocycles. The number of methoxy groups -OCH3 is 1. The lowest BCUT2D eigenvalue weighted by atomic mass is 10.1. The average molecular weight is 330 g/mol. The summed E-state index contributed by atoms with van der Waals surface area (Å²) in [5.41, 5.74) is 1.58. The molecule has 0 atom stereocenters. The Hall–Kier alpha value is -2.41. The molecule has 0 amide bonds. The highest BCUT2D eigenvalue weighted by Gasteiger charge is 2.15. The smallest absolute Gasteiger partial charge is 0.187 e. The Bertz CT molecular complexity index is 872. The van der Waals surface area contributed by atoms with Crippen molar-refractivity contribution in [2.45, 2.75) is 5.16 Å². The largest absolute Gasteiger partial charge is 0.494 e. The van der Waals surface area contributed by atoms with Crippen LogP contribution in [0.3, 0.4) is 0 Å². The molecule has 0 aliphatic heterocycles. The van der Waals surface area contributed by atoms with Gasteiger partial charge in [0.2, 0.25) is 0 Å². The molecular weight excluding hydrogens is 315 g/mol. The van der Waals surface area contributed by atoms with Crippen molar-refractivity contribution in [2.24, 2.45) is 0 Å². The Morgan fingerprint density at radius 3 is 2.78 bits per heavy atom. The Labute approximate surface area is 137 Å². The van der Waals surface area contributed by atoms with E-state index >= 15 is 0 Å². The molecule has 0 bridgehead atoms. The van der Waals surface area contributed by atoms with Crippen molar-refractivity contribution < 1.29 is 9.13 Å². The zero-order valence-electron chi connectivity index (χ0n) is 12.9. The lowest BCUT2D eigenvalue weighted by Crippen LogP contribution is -2.00. The van der Waals surface area contributed by atoms with Crippen LogP contribution in [0.4, 0.5) is 10.2 Å². The average Bonchev–Trinajstić information content (AvgIpc) is 2.60. The van der Waals surface area contributed by atoms with Gasteiger partial charge >= 0.3 is 0 Å². The zero-order valence-corrected chi connectivity index (χ0v) is 13.7. The number of fused-ring (bicyclic) bond motifs is 1. The number of hydrogen-bond donors (Lipinski definition) is 1. The van der Waals surface area contributed by atoms with E-state index < -0.39 is 5.82 Å². The van der Waals surface area contributed by atoms with Crippen molar-refractivity contribution in [3.63, 3.8) is 0 Å². The number of ether oxygens (including phenoxy) is 1. The molecule has 0 spiro atoms. The van der Waals surface area contributed by atoms with Crippen molar-refractivity contribution in [1.29, 1.82) is 0 Å². The lowest BCUT2D eigenvalue weighted by Gasteiger charge is -2.11. The number of benzene rings is 1. The van der Waals surface area contributed by atoms with Crippen LogP contribution in [0, 0.1) is 5.82 Å². The topological polar surface area (TPSA) is 59.9 Å². The quantitative estimate of drug-likeness (QED) is 0.582. The SMILES string of the molecule is CNc1nc(-c2cccc(OC)c2F)cc2cnc(SC)nc12. The van der Waals surface area contributed by atoms with E-state index in [1.807, 2.05) is 6.26 Å². The van der Waals surface area contributed by atoms with Crippen LogP contribution in [0.25, 0.3) is 22.2 Å². The van der Waals surface area contributed by atoms with Gasteiger partial charge in [-0.25, -0.2) is 19.3 Å². The van der Waals surface area contributed by atoms with Crippen molar-refractivity contribution in [3.05, 3.63) is 36.3 Å². The molecular formula is C16H15FN4OS. The summed E-state index contributed by atoms with van der Waals surface area (Å²) in [6.07, 6.45) is 3.63. The minimum absolute atomic E-state index is 0.185. The number of rotatable bonds is 4. The number of aromatic nitrogens is 3. The zero-order chi connectivity index (χ0) is 16.4. The third-order valence-corrected chi connectivity index (χ3v) is 3.98. The normalized spacial score (nSPS) is 10.8. The van der Waals surface area contributed by atoms with Gasteiger partial charge in [-0.1, -0.05) is 17.8 Å². The maximum Gasteiger partial charge on any atom is 0.187 e. The standard InChI is InChI=1S/C16H15FN4OS/c1-18-15-14-9(8-19-16(21-14)23-3)7-11(20-15)10-5-4-6-12(22-2)13(10)17/h4-8H,1-3H3,(H,18,20). The van der Waals surface area contributed by atoms with Crippen LogP contribution in [-0.2, 0) is 0 Å². The summed E-state index contributed by atoms with van der Waals surface area (Å²) in [5.74, 6) is 0.326. The van der Waals surface area contributed by atoms with Crippen molar-refractivity contribution in [1.82, 2.24) is 15.0 Å². The van der Waals surface area contributed by atoms with Gasteiger partial charge in [-0.05, 0) is 24.5 Å². The molecule has 7 heteroatoms. The van der Waals surface area contributed by atoms with Crippen molar-refractivity contribution in [3.8, 4) is 17.0 Å². The second-order valence-corrected chi connectivity index (χ2v) is 5.50. The molecule has 0 aliphatic carbocycles. The first-order valence-electron chi connectivity index (χ1n) is 6.90. The third-order valence-electron chi connectivity index (χ3n) is 3.42. The fraction of sp³-hybridized carbons (Fsp3) is 0.188. The Morgan fingerprint density at radius 2 is 2.09 bits per heavy atom. The van der Waals surface area contributed by atoms with E-state index in [1.54, 1.807) is 37.5 Å². The Morgan fingerprint density at radius 1 is 1.26 bits per heavy atom. The first kappa shape index (κ1) is 15.5. The van der Waals surface area contributed by atoms with Gasteiger partial charge in [0.1, 0.15) is 5.52 Å². The molecule has 0 unspecified atom stereocenters. The molecule has 118 valence electrons. The number of anilines is 1. The van der Waals surface area contributed by atoms with Gasteiger partial charge in [0, 0.05) is 24.2 Å². The molecule has 2 aromatic heterocycles. The van der Waals surface area contributed by atoms with E-state index in [9.17, 15) is 4.39 Å². The minimum Gasteiger partial charge on any atom is -0.494 e.